The van der Waals surface area contributed by atoms with Gasteiger partial charge in [0.25, 0.3) is 0 Å². The Bertz CT molecular complexity index is 527. The van der Waals surface area contributed by atoms with Crippen molar-refractivity contribution in [1.29, 1.82) is 0 Å². The SMILES string of the molecule is Nc1nc(-c2cccc(NS(=O)[O-])c2)cs1. The number of nitrogen functional groups attached to an aromatic ring is 1. The predicted molar refractivity (Wildman–Crippen MR) is 64.5 cm³/mol. The van der Waals surface area contributed by atoms with E-state index in [0.717, 1.165) is 11.3 Å². The minimum absolute atomic E-state index is 0.487. The molecular weight excluding hydrogens is 246 g/mol. The minimum atomic E-state index is -2.32. The molecule has 0 amide bonds. The van der Waals surface area contributed by atoms with Gasteiger partial charge < -0.3 is 15.0 Å². The van der Waals surface area contributed by atoms with E-state index in [9.17, 15) is 8.76 Å². The molecule has 2 aromatic rings. The third-order valence-electron chi connectivity index (χ3n) is 1.88. The molecule has 0 saturated heterocycles. The first-order valence-electron chi connectivity index (χ1n) is 4.32. The second-order valence-electron chi connectivity index (χ2n) is 2.99. The van der Waals surface area contributed by atoms with Gasteiger partial charge in [0.1, 0.15) is 0 Å². The van der Waals surface area contributed by atoms with Crippen LogP contribution in [-0.2, 0) is 11.3 Å². The highest BCUT2D eigenvalue weighted by atomic mass is 32.2. The Morgan fingerprint density at radius 3 is 2.94 bits per heavy atom. The highest BCUT2D eigenvalue weighted by Crippen LogP contribution is 2.25. The van der Waals surface area contributed by atoms with Gasteiger partial charge in [0.2, 0.25) is 0 Å². The van der Waals surface area contributed by atoms with E-state index < -0.39 is 11.3 Å². The Labute approximate surface area is 98.8 Å². The van der Waals surface area contributed by atoms with Crippen LogP contribution in [0.4, 0.5) is 10.8 Å². The lowest BCUT2D eigenvalue weighted by Crippen LogP contribution is -2.01. The fourth-order valence-electron chi connectivity index (χ4n) is 1.26. The summed E-state index contributed by atoms with van der Waals surface area (Å²) in [5, 5.41) is 2.31. The molecule has 0 aliphatic carbocycles. The number of nitrogens with one attached hydrogen (secondary N) is 1. The molecule has 0 spiro atoms. The summed E-state index contributed by atoms with van der Waals surface area (Å²) < 4.78 is 23.2. The van der Waals surface area contributed by atoms with E-state index in [0.29, 0.717) is 10.8 Å². The topological polar surface area (TPSA) is 91.1 Å². The van der Waals surface area contributed by atoms with Crippen molar-refractivity contribution in [2.75, 3.05) is 10.5 Å². The molecule has 1 heterocycles. The first-order chi connectivity index (χ1) is 7.65. The number of aromatic nitrogens is 1. The van der Waals surface area contributed by atoms with Gasteiger partial charge >= 0.3 is 0 Å². The molecule has 0 fully saturated rings. The molecule has 5 nitrogen and oxygen atoms in total. The molecular formula is C9H8N3O2S2-. The molecule has 0 aliphatic rings. The van der Waals surface area contributed by atoms with Crippen molar-refractivity contribution >= 4 is 33.4 Å². The quantitative estimate of drug-likeness (QED) is 0.814. The van der Waals surface area contributed by atoms with Crippen LogP contribution in [0.1, 0.15) is 0 Å². The summed E-state index contributed by atoms with van der Waals surface area (Å²) in [4.78, 5) is 4.12. The lowest BCUT2D eigenvalue weighted by molar-refractivity contribution is 0.542. The van der Waals surface area contributed by atoms with Crippen LogP contribution >= 0.6 is 11.3 Å². The van der Waals surface area contributed by atoms with Crippen LogP contribution in [0.15, 0.2) is 29.6 Å². The number of benzene rings is 1. The van der Waals surface area contributed by atoms with Gasteiger partial charge in [0.15, 0.2) is 5.13 Å². The molecule has 0 bridgehead atoms. The van der Waals surface area contributed by atoms with Crippen LogP contribution in [0, 0.1) is 0 Å². The Morgan fingerprint density at radius 1 is 1.50 bits per heavy atom. The number of nitrogens with two attached hydrogens (primary N) is 1. The summed E-state index contributed by atoms with van der Waals surface area (Å²) in [6.45, 7) is 0. The summed E-state index contributed by atoms with van der Waals surface area (Å²) in [7, 11) is 0. The van der Waals surface area contributed by atoms with E-state index >= 15 is 0 Å². The fraction of sp³-hybridized carbons (Fsp3) is 0. The Kier molecular flexibility index (Phi) is 3.18. The molecule has 1 atom stereocenters. The van der Waals surface area contributed by atoms with Crippen molar-refractivity contribution in [2.45, 2.75) is 0 Å². The van der Waals surface area contributed by atoms with Gasteiger partial charge in [-0.2, -0.15) is 0 Å². The molecule has 1 unspecified atom stereocenters. The summed E-state index contributed by atoms with van der Waals surface area (Å²) in [6.07, 6.45) is 0. The van der Waals surface area contributed by atoms with Crippen LogP contribution in [-0.4, -0.2) is 13.7 Å². The van der Waals surface area contributed by atoms with Crippen LogP contribution in [0.2, 0.25) is 0 Å². The standard InChI is InChI=1S/C9H9N3O2S2/c10-9-11-8(5-15-9)6-2-1-3-7(4-6)12-16(13)14/h1-5,12H,(H2,10,11)(H,13,14)/p-1. The number of hydrogen-bond donors (Lipinski definition) is 2. The fourth-order valence-corrected chi connectivity index (χ4v) is 2.15. The number of rotatable bonds is 3. The van der Waals surface area contributed by atoms with Gasteiger partial charge in [-0.1, -0.05) is 12.1 Å². The zero-order valence-electron chi connectivity index (χ0n) is 8.04. The van der Waals surface area contributed by atoms with E-state index in [2.05, 4.69) is 9.71 Å². The maximum Gasteiger partial charge on any atom is 0.180 e. The minimum Gasteiger partial charge on any atom is -0.755 e. The Hall–Kier alpha value is -1.44. The average molecular weight is 254 g/mol. The van der Waals surface area contributed by atoms with E-state index in [4.69, 9.17) is 5.73 Å². The maximum absolute atomic E-state index is 10.5. The molecule has 0 aliphatic heterocycles. The van der Waals surface area contributed by atoms with Crippen molar-refractivity contribution in [3.63, 3.8) is 0 Å². The summed E-state index contributed by atoms with van der Waals surface area (Å²) in [6, 6.07) is 6.95. The lowest BCUT2D eigenvalue weighted by Gasteiger charge is -2.08. The van der Waals surface area contributed by atoms with Crippen LogP contribution in [0.5, 0.6) is 0 Å². The normalized spacial score (nSPS) is 12.3. The van der Waals surface area contributed by atoms with E-state index in [1.165, 1.54) is 11.3 Å². The predicted octanol–water partition coefficient (Wildman–Crippen LogP) is 1.60. The molecule has 16 heavy (non-hydrogen) atoms. The summed E-state index contributed by atoms with van der Waals surface area (Å²) in [5.41, 5.74) is 7.59. The van der Waals surface area contributed by atoms with Gasteiger partial charge in [-0.3, -0.25) is 4.21 Å². The maximum atomic E-state index is 10.5. The van der Waals surface area contributed by atoms with Gasteiger partial charge in [-0.25, -0.2) is 4.98 Å². The Balaban J connectivity index is 2.32. The van der Waals surface area contributed by atoms with Gasteiger partial charge in [0, 0.05) is 27.9 Å². The zero-order chi connectivity index (χ0) is 11.5. The smallest absolute Gasteiger partial charge is 0.180 e. The van der Waals surface area contributed by atoms with Crippen LogP contribution < -0.4 is 10.5 Å². The third kappa shape index (κ3) is 2.57. The zero-order valence-corrected chi connectivity index (χ0v) is 9.68. The number of hydrogen-bond acceptors (Lipinski definition) is 5. The monoisotopic (exact) mass is 254 g/mol. The van der Waals surface area contributed by atoms with Crippen LogP contribution in [0.25, 0.3) is 11.3 Å². The summed E-state index contributed by atoms with van der Waals surface area (Å²) >= 11 is -0.975. The van der Waals surface area contributed by atoms with Gasteiger partial charge in [0.05, 0.1) is 5.69 Å². The molecule has 7 heteroatoms. The Morgan fingerprint density at radius 2 is 2.31 bits per heavy atom. The number of thiazole rings is 1. The van der Waals surface area contributed by atoms with Crippen molar-refractivity contribution < 1.29 is 8.76 Å². The van der Waals surface area contributed by atoms with Crippen molar-refractivity contribution in [3.8, 4) is 11.3 Å². The second-order valence-corrected chi connectivity index (χ2v) is 4.55. The molecule has 0 radical (unpaired) electrons. The molecule has 1 aromatic carbocycles. The van der Waals surface area contributed by atoms with Gasteiger partial charge in [-0.15, -0.1) is 11.3 Å². The van der Waals surface area contributed by atoms with E-state index in [1.54, 1.807) is 18.2 Å². The largest absolute Gasteiger partial charge is 0.755 e. The number of anilines is 2. The second kappa shape index (κ2) is 4.60. The first-order valence-corrected chi connectivity index (χ1v) is 6.28. The lowest BCUT2D eigenvalue weighted by atomic mass is 10.1. The first kappa shape index (κ1) is 11.1. The van der Waals surface area contributed by atoms with Crippen molar-refractivity contribution in [1.82, 2.24) is 4.98 Å². The highest BCUT2D eigenvalue weighted by Gasteiger charge is 2.03. The summed E-state index contributed by atoms with van der Waals surface area (Å²) in [5.74, 6) is 0. The van der Waals surface area contributed by atoms with Crippen molar-refractivity contribution in [3.05, 3.63) is 29.6 Å². The van der Waals surface area contributed by atoms with E-state index in [-0.39, 0.29) is 0 Å². The highest BCUT2D eigenvalue weighted by molar-refractivity contribution is 7.80. The van der Waals surface area contributed by atoms with Crippen molar-refractivity contribution in [2.24, 2.45) is 0 Å². The molecule has 3 N–H and O–H groups in total. The van der Waals surface area contributed by atoms with E-state index in [1.807, 2.05) is 11.4 Å². The molecule has 0 saturated carbocycles. The third-order valence-corrected chi connectivity index (χ3v) is 2.96. The molecule has 1 aromatic heterocycles. The number of nitrogens with zero attached hydrogens (tertiary/aromatic N) is 1. The molecule has 84 valence electrons. The average Bonchev–Trinajstić information content (AvgIpc) is 2.64. The molecule has 2 rings (SSSR count). The van der Waals surface area contributed by atoms with Gasteiger partial charge in [-0.05, 0) is 12.1 Å². The van der Waals surface area contributed by atoms with Crippen LogP contribution in [0.3, 0.4) is 0 Å².